The van der Waals surface area contributed by atoms with Crippen LogP contribution in [0.15, 0.2) is 53.0 Å². The predicted molar refractivity (Wildman–Crippen MR) is 112 cm³/mol. The summed E-state index contributed by atoms with van der Waals surface area (Å²) in [6, 6.07) is 18.9. The highest BCUT2D eigenvalue weighted by Crippen LogP contribution is 2.26. The summed E-state index contributed by atoms with van der Waals surface area (Å²) in [7, 11) is 0. The molecular formula is C23H21BrN2. The summed E-state index contributed by atoms with van der Waals surface area (Å²) in [5.74, 6) is 0. The van der Waals surface area contributed by atoms with Crippen molar-refractivity contribution in [2.24, 2.45) is 0 Å². The molecule has 3 heteroatoms. The van der Waals surface area contributed by atoms with E-state index in [4.69, 9.17) is 0 Å². The van der Waals surface area contributed by atoms with Crippen LogP contribution in [-0.2, 0) is 0 Å². The monoisotopic (exact) mass is 404 g/mol. The van der Waals surface area contributed by atoms with Crippen molar-refractivity contribution in [3.8, 4) is 11.8 Å². The van der Waals surface area contributed by atoms with Gasteiger partial charge in [-0.3, -0.25) is 0 Å². The Labute approximate surface area is 163 Å². The number of hydrogen-bond acceptors (Lipinski definition) is 1. The zero-order chi connectivity index (χ0) is 18.8. The fourth-order valence-corrected chi connectivity index (χ4v) is 3.64. The second-order valence-corrected chi connectivity index (χ2v) is 7.60. The van der Waals surface area contributed by atoms with E-state index in [1.165, 1.54) is 16.8 Å². The van der Waals surface area contributed by atoms with Gasteiger partial charge in [-0.15, -0.1) is 0 Å². The maximum absolute atomic E-state index is 9.63. The smallest absolute Gasteiger partial charge is 0.0998 e. The van der Waals surface area contributed by atoms with Gasteiger partial charge in [0.1, 0.15) is 0 Å². The Hall–Kier alpha value is -2.57. The van der Waals surface area contributed by atoms with Crippen LogP contribution >= 0.6 is 15.9 Å². The molecule has 2 nitrogen and oxygen atoms in total. The van der Waals surface area contributed by atoms with E-state index in [9.17, 15) is 5.26 Å². The molecule has 0 N–H and O–H groups in total. The maximum Gasteiger partial charge on any atom is 0.0998 e. The molecule has 3 rings (SSSR count). The van der Waals surface area contributed by atoms with Crippen LogP contribution in [0.2, 0.25) is 0 Å². The normalized spacial score (nSPS) is 11.5. The van der Waals surface area contributed by atoms with Crippen molar-refractivity contribution in [3.05, 3.63) is 86.6 Å². The average molecular weight is 405 g/mol. The first-order valence-corrected chi connectivity index (χ1v) is 9.33. The van der Waals surface area contributed by atoms with Crippen LogP contribution in [0.25, 0.3) is 17.3 Å². The summed E-state index contributed by atoms with van der Waals surface area (Å²) in [5, 5.41) is 9.63. The molecule has 0 aliphatic rings. The molecule has 0 amide bonds. The first-order valence-electron chi connectivity index (χ1n) is 8.54. The molecule has 0 atom stereocenters. The number of nitrogens with zero attached hydrogens (tertiary/aromatic N) is 2. The Kier molecular flexibility index (Phi) is 5.15. The zero-order valence-electron chi connectivity index (χ0n) is 15.5. The number of allylic oxidation sites excluding steroid dienone is 1. The van der Waals surface area contributed by atoms with Crippen molar-refractivity contribution in [1.82, 2.24) is 4.57 Å². The third kappa shape index (κ3) is 3.66. The lowest BCUT2D eigenvalue weighted by atomic mass is 10.0. The third-order valence-electron chi connectivity index (χ3n) is 4.51. The van der Waals surface area contributed by atoms with E-state index in [1.807, 2.05) is 30.3 Å². The van der Waals surface area contributed by atoms with Gasteiger partial charge >= 0.3 is 0 Å². The molecule has 0 radical (unpaired) electrons. The quantitative estimate of drug-likeness (QED) is 0.455. The van der Waals surface area contributed by atoms with Crippen LogP contribution in [-0.4, -0.2) is 4.57 Å². The molecule has 0 saturated heterocycles. The molecule has 3 aromatic rings. The van der Waals surface area contributed by atoms with Crippen molar-refractivity contribution in [3.63, 3.8) is 0 Å². The fourth-order valence-electron chi connectivity index (χ4n) is 3.38. The van der Waals surface area contributed by atoms with Crippen LogP contribution in [0.1, 0.15) is 33.6 Å². The second-order valence-electron chi connectivity index (χ2n) is 6.68. The van der Waals surface area contributed by atoms with Crippen LogP contribution in [0, 0.1) is 39.0 Å². The van der Waals surface area contributed by atoms with Crippen molar-refractivity contribution < 1.29 is 0 Å². The van der Waals surface area contributed by atoms with Crippen LogP contribution < -0.4 is 0 Å². The van der Waals surface area contributed by atoms with Crippen molar-refractivity contribution in [2.75, 3.05) is 0 Å². The molecule has 0 fully saturated rings. The lowest BCUT2D eigenvalue weighted by molar-refractivity contribution is 0.960. The van der Waals surface area contributed by atoms with E-state index >= 15 is 0 Å². The number of benzene rings is 2. The van der Waals surface area contributed by atoms with Gasteiger partial charge in [-0.25, -0.2) is 0 Å². The molecule has 0 bridgehead atoms. The van der Waals surface area contributed by atoms with E-state index in [0.29, 0.717) is 5.57 Å². The van der Waals surface area contributed by atoms with Crippen molar-refractivity contribution in [2.45, 2.75) is 27.7 Å². The van der Waals surface area contributed by atoms with Crippen LogP contribution in [0.4, 0.5) is 0 Å². The minimum Gasteiger partial charge on any atom is -0.318 e. The molecular weight excluding hydrogens is 384 g/mol. The molecule has 1 heterocycles. The Morgan fingerprint density at radius 3 is 2.15 bits per heavy atom. The molecule has 0 unspecified atom stereocenters. The van der Waals surface area contributed by atoms with E-state index in [-0.39, 0.29) is 0 Å². The molecule has 0 spiro atoms. The van der Waals surface area contributed by atoms with Gasteiger partial charge in [-0.1, -0.05) is 34.1 Å². The summed E-state index contributed by atoms with van der Waals surface area (Å²) < 4.78 is 3.26. The number of nitriles is 1. The number of halogens is 1. The molecule has 0 aliphatic carbocycles. The van der Waals surface area contributed by atoms with Crippen molar-refractivity contribution >= 4 is 27.6 Å². The minimum absolute atomic E-state index is 0.665. The standard InChI is InChI=1S/C23H21BrN2/c1-15-9-16(2)11-23(10-15)26-17(3)12-20(18(26)4)13-21(14-25)19-5-7-22(24)8-6-19/h5-13H,1-4H3/b21-13+. The zero-order valence-corrected chi connectivity index (χ0v) is 17.1. The van der Waals surface area contributed by atoms with Gasteiger partial charge in [0.2, 0.25) is 0 Å². The van der Waals surface area contributed by atoms with Gasteiger partial charge in [0.05, 0.1) is 11.6 Å². The first-order chi connectivity index (χ1) is 12.4. The number of hydrogen-bond donors (Lipinski definition) is 0. The highest BCUT2D eigenvalue weighted by Gasteiger charge is 2.11. The van der Waals surface area contributed by atoms with E-state index in [0.717, 1.165) is 27.0 Å². The van der Waals surface area contributed by atoms with Gasteiger partial charge in [-0.05, 0) is 86.4 Å². The SMILES string of the molecule is Cc1cc(C)cc(-n2c(C)cc(/C=C(\C#N)c3ccc(Br)cc3)c2C)c1. The predicted octanol–water partition coefficient (Wildman–Crippen LogP) is 6.54. The fraction of sp³-hybridized carbons (Fsp3) is 0.174. The van der Waals surface area contributed by atoms with Gasteiger partial charge < -0.3 is 4.57 Å². The number of aromatic nitrogens is 1. The Bertz CT molecular complexity index is 1010. The molecule has 26 heavy (non-hydrogen) atoms. The lowest BCUT2D eigenvalue weighted by Crippen LogP contribution is -2.00. The first kappa shape index (κ1) is 18.2. The third-order valence-corrected chi connectivity index (χ3v) is 5.04. The highest BCUT2D eigenvalue weighted by molar-refractivity contribution is 9.10. The van der Waals surface area contributed by atoms with Gasteiger partial charge in [0.15, 0.2) is 0 Å². The molecule has 0 saturated carbocycles. The van der Waals surface area contributed by atoms with Gasteiger partial charge in [0.25, 0.3) is 0 Å². The number of aryl methyl sites for hydroxylation is 3. The van der Waals surface area contributed by atoms with E-state index in [2.05, 4.69) is 78.5 Å². The Balaban J connectivity index is 2.10. The average Bonchev–Trinajstić information content (AvgIpc) is 2.86. The molecule has 1 aromatic heterocycles. The van der Waals surface area contributed by atoms with Crippen molar-refractivity contribution in [1.29, 1.82) is 5.26 Å². The maximum atomic E-state index is 9.63. The summed E-state index contributed by atoms with van der Waals surface area (Å²) >= 11 is 3.44. The number of rotatable bonds is 3. The van der Waals surface area contributed by atoms with Crippen LogP contribution in [0.5, 0.6) is 0 Å². The summed E-state index contributed by atoms with van der Waals surface area (Å²) in [5.41, 5.74) is 8.61. The van der Waals surface area contributed by atoms with Gasteiger partial charge in [0, 0.05) is 21.5 Å². The largest absolute Gasteiger partial charge is 0.318 e. The topological polar surface area (TPSA) is 28.7 Å². The van der Waals surface area contributed by atoms with Crippen LogP contribution in [0.3, 0.4) is 0 Å². The molecule has 0 aliphatic heterocycles. The van der Waals surface area contributed by atoms with E-state index < -0.39 is 0 Å². The Morgan fingerprint density at radius 2 is 1.58 bits per heavy atom. The Morgan fingerprint density at radius 1 is 0.962 bits per heavy atom. The summed E-state index contributed by atoms with van der Waals surface area (Å²) in [4.78, 5) is 0. The van der Waals surface area contributed by atoms with E-state index in [1.54, 1.807) is 0 Å². The summed E-state index contributed by atoms with van der Waals surface area (Å²) in [6.07, 6.45) is 1.98. The summed E-state index contributed by atoms with van der Waals surface area (Å²) in [6.45, 7) is 8.44. The lowest BCUT2D eigenvalue weighted by Gasteiger charge is -2.12. The highest BCUT2D eigenvalue weighted by atomic mass is 79.9. The minimum atomic E-state index is 0.665. The van der Waals surface area contributed by atoms with Gasteiger partial charge in [-0.2, -0.15) is 5.26 Å². The molecule has 2 aromatic carbocycles. The second kappa shape index (κ2) is 7.35. The molecule has 130 valence electrons.